The van der Waals surface area contributed by atoms with Gasteiger partial charge in [0.15, 0.2) is 0 Å². The maximum Gasteiger partial charge on any atom is 0.245 e. The molecular weight excluding hydrogens is 380 g/mol. The summed E-state index contributed by atoms with van der Waals surface area (Å²) < 4.78 is 11.2. The van der Waals surface area contributed by atoms with E-state index in [1.54, 1.807) is 13.2 Å². The number of hydrogen-bond donors (Lipinski definition) is 2. The molecule has 1 saturated heterocycles. The average Bonchev–Trinajstić information content (AvgIpc) is 3.55. The van der Waals surface area contributed by atoms with Crippen LogP contribution in [0.2, 0.25) is 0 Å². The van der Waals surface area contributed by atoms with Gasteiger partial charge in [0.05, 0.1) is 18.5 Å². The van der Waals surface area contributed by atoms with E-state index >= 15 is 0 Å². The third-order valence-corrected chi connectivity index (χ3v) is 5.79. The van der Waals surface area contributed by atoms with Crippen LogP contribution in [0.1, 0.15) is 17.2 Å². The Kier molecular flexibility index (Phi) is 4.23. The van der Waals surface area contributed by atoms with Gasteiger partial charge in [-0.3, -0.25) is 9.69 Å². The van der Waals surface area contributed by atoms with Gasteiger partial charge in [0, 0.05) is 24.2 Å². The fourth-order valence-electron chi connectivity index (χ4n) is 4.15. The van der Waals surface area contributed by atoms with Crippen LogP contribution >= 0.6 is 0 Å². The summed E-state index contributed by atoms with van der Waals surface area (Å²) >= 11 is 0. The van der Waals surface area contributed by atoms with Crippen molar-refractivity contribution in [3.63, 3.8) is 0 Å². The molecule has 3 aromatic rings. The number of amides is 1. The predicted molar refractivity (Wildman–Crippen MR) is 115 cm³/mol. The molecule has 0 aliphatic carbocycles. The van der Waals surface area contributed by atoms with E-state index in [9.17, 15) is 4.79 Å². The minimum Gasteiger partial charge on any atom is -0.480 e. The highest BCUT2D eigenvalue weighted by atomic mass is 16.6. The lowest BCUT2D eigenvalue weighted by molar-refractivity contribution is -0.114. The fourth-order valence-corrected chi connectivity index (χ4v) is 4.15. The second kappa shape index (κ2) is 6.83. The van der Waals surface area contributed by atoms with Crippen molar-refractivity contribution in [3.8, 4) is 17.1 Å². The van der Waals surface area contributed by atoms with Gasteiger partial charge in [-0.2, -0.15) is 0 Å². The van der Waals surface area contributed by atoms with Crippen molar-refractivity contribution in [1.82, 2.24) is 9.88 Å². The zero-order valence-electron chi connectivity index (χ0n) is 16.6. The number of rotatable bonds is 5. The van der Waals surface area contributed by atoms with Crippen molar-refractivity contribution in [2.75, 3.05) is 19.4 Å². The number of nitrogen functional groups attached to an aromatic ring is 1. The molecule has 3 heterocycles. The number of benzene rings is 2. The van der Waals surface area contributed by atoms with Crippen molar-refractivity contribution >= 4 is 22.4 Å². The minimum atomic E-state index is -0.485. The zero-order valence-corrected chi connectivity index (χ0v) is 16.6. The number of nitrogens with zero attached hydrogens (tertiary/aromatic N) is 2. The zero-order chi connectivity index (χ0) is 21.0. The normalized spacial score (nSPS) is 19.8. The van der Waals surface area contributed by atoms with E-state index in [0.29, 0.717) is 30.2 Å². The molecule has 4 N–H and O–H groups in total. The van der Waals surface area contributed by atoms with Crippen LogP contribution in [0.25, 0.3) is 22.0 Å². The quantitative estimate of drug-likeness (QED) is 0.502. The fraction of sp³-hybridized carbons (Fsp3) is 0.217. The van der Waals surface area contributed by atoms with Crippen LogP contribution in [0.3, 0.4) is 0 Å². The molecule has 0 radical (unpaired) electrons. The first kappa shape index (κ1) is 18.6. The number of primary amides is 1. The van der Waals surface area contributed by atoms with Crippen molar-refractivity contribution in [2.24, 2.45) is 5.73 Å². The SMILES string of the molecule is C=C(CN1Cc2c(ccc3ccc(-c4ccc(N)c(OC)n4)cc23)C2OC21)C(N)=O. The molecule has 7 heteroatoms. The van der Waals surface area contributed by atoms with Crippen LogP contribution in [0.15, 0.2) is 54.6 Å². The first-order valence-electron chi connectivity index (χ1n) is 9.70. The van der Waals surface area contributed by atoms with Gasteiger partial charge in [0.25, 0.3) is 0 Å². The third-order valence-electron chi connectivity index (χ3n) is 5.79. The van der Waals surface area contributed by atoms with Gasteiger partial charge < -0.3 is 20.9 Å². The number of pyridine rings is 1. The molecule has 2 aliphatic heterocycles. The summed E-state index contributed by atoms with van der Waals surface area (Å²) in [5.41, 5.74) is 16.3. The van der Waals surface area contributed by atoms with Crippen molar-refractivity contribution in [2.45, 2.75) is 18.9 Å². The number of epoxide rings is 1. The molecule has 1 aromatic heterocycles. The lowest BCUT2D eigenvalue weighted by Crippen LogP contribution is -2.34. The highest BCUT2D eigenvalue weighted by Crippen LogP contribution is 2.49. The number of fused-ring (bicyclic) bond motifs is 5. The first-order chi connectivity index (χ1) is 14.5. The Hall–Kier alpha value is -3.42. The summed E-state index contributed by atoms with van der Waals surface area (Å²) in [7, 11) is 1.56. The van der Waals surface area contributed by atoms with E-state index in [4.69, 9.17) is 20.9 Å². The summed E-state index contributed by atoms with van der Waals surface area (Å²) in [4.78, 5) is 18.1. The van der Waals surface area contributed by atoms with Crippen molar-refractivity contribution < 1.29 is 14.3 Å². The summed E-state index contributed by atoms with van der Waals surface area (Å²) in [6, 6.07) is 14.2. The number of aromatic nitrogens is 1. The number of anilines is 1. The van der Waals surface area contributed by atoms with Gasteiger partial charge in [-0.15, -0.1) is 0 Å². The van der Waals surface area contributed by atoms with Gasteiger partial charge in [-0.05, 0) is 40.1 Å². The molecule has 0 spiro atoms. The third kappa shape index (κ3) is 2.99. The highest BCUT2D eigenvalue weighted by Gasteiger charge is 2.49. The number of methoxy groups -OCH3 is 1. The molecular formula is C23H22N4O3. The van der Waals surface area contributed by atoms with E-state index in [1.807, 2.05) is 12.1 Å². The largest absolute Gasteiger partial charge is 0.480 e. The Balaban J connectivity index is 1.57. The van der Waals surface area contributed by atoms with Gasteiger partial charge >= 0.3 is 0 Å². The van der Waals surface area contributed by atoms with Gasteiger partial charge in [0.1, 0.15) is 12.3 Å². The summed E-state index contributed by atoms with van der Waals surface area (Å²) in [5, 5.41) is 2.26. The molecule has 2 aliphatic rings. The molecule has 30 heavy (non-hydrogen) atoms. The average molecular weight is 402 g/mol. The number of nitrogens with two attached hydrogens (primary N) is 2. The molecule has 152 valence electrons. The van der Waals surface area contributed by atoms with Crippen LogP contribution in [0.4, 0.5) is 5.69 Å². The summed E-state index contributed by atoms with van der Waals surface area (Å²) in [6.45, 7) is 4.84. The van der Waals surface area contributed by atoms with Crippen LogP contribution in [0.5, 0.6) is 5.88 Å². The lowest BCUT2D eigenvalue weighted by Gasteiger charge is -2.27. The maximum absolute atomic E-state index is 11.5. The Morgan fingerprint density at radius 3 is 2.87 bits per heavy atom. The van der Waals surface area contributed by atoms with Gasteiger partial charge in [-0.25, -0.2) is 4.98 Å². The van der Waals surface area contributed by atoms with Crippen molar-refractivity contribution in [3.05, 3.63) is 65.7 Å². The molecule has 1 fully saturated rings. The standard InChI is InChI=1S/C23H22N4O3/c1-12(21(25)28)10-27-11-17-15(20-23(27)30-20)6-5-13-3-4-14(9-16(13)17)19-8-7-18(24)22(26-19)29-2/h3-9,20,23H,1,10-11,24H2,2H3,(H2,25,28). The minimum absolute atomic E-state index is 0.0113. The van der Waals surface area contributed by atoms with Crippen LogP contribution < -0.4 is 16.2 Å². The molecule has 2 unspecified atom stereocenters. The highest BCUT2D eigenvalue weighted by molar-refractivity contribution is 5.92. The van der Waals surface area contributed by atoms with Crippen LogP contribution in [-0.4, -0.2) is 35.7 Å². The maximum atomic E-state index is 11.5. The van der Waals surface area contributed by atoms with Crippen LogP contribution in [0, 0.1) is 0 Å². The molecule has 2 aromatic carbocycles. The number of hydrogen-bond acceptors (Lipinski definition) is 6. The Labute approximate surface area is 173 Å². The Bertz CT molecular complexity index is 1210. The molecule has 5 rings (SSSR count). The van der Waals surface area contributed by atoms with E-state index in [2.05, 4.69) is 40.7 Å². The number of carbonyl (C=O) groups excluding carboxylic acids is 1. The second-order valence-corrected chi connectivity index (χ2v) is 7.68. The van der Waals surface area contributed by atoms with Crippen LogP contribution in [-0.2, 0) is 16.1 Å². The Morgan fingerprint density at radius 2 is 2.10 bits per heavy atom. The first-order valence-corrected chi connectivity index (χ1v) is 9.70. The molecule has 7 nitrogen and oxygen atoms in total. The van der Waals surface area contributed by atoms with Gasteiger partial charge in [-0.1, -0.05) is 30.8 Å². The lowest BCUT2D eigenvalue weighted by atomic mass is 9.92. The molecule has 2 atom stereocenters. The van der Waals surface area contributed by atoms with Gasteiger partial charge in [0.2, 0.25) is 11.8 Å². The van der Waals surface area contributed by atoms with E-state index in [0.717, 1.165) is 22.0 Å². The van der Waals surface area contributed by atoms with E-state index in [-0.39, 0.29) is 12.3 Å². The van der Waals surface area contributed by atoms with E-state index < -0.39 is 5.91 Å². The Morgan fingerprint density at radius 1 is 1.30 bits per heavy atom. The summed E-state index contributed by atoms with van der Waals surface area (Å²) in [5.74, 6) is -0.0744. The monoisotopic (exact) mass is 402 g/mol. The molecule has 0 bridgehead atoms. The second-order valence-electron chi connectivity index (χ2n) is 7.68. The molecule has 0 saturated carbocycles. The molecule has 1 amide bonds. The van der Waals surface area contributed by atoms with Crippen molar-refractivity contribution in [1.29, 1.82) is 0 Å². The number of ether oxygens (including phenoxy) is 2. The number of carbonyl (C=O) groups is 1. The predicted octanol–water partition coefficient (Wildman–Crippen LogP) is 2.75. The summed E-state index contributed by atoms with van der Waals surface area (Å²) in [6.07, 6.45) is -0.0190. The smallest absolute Gasteiger partial charge is 0.245 e. The topological polar surface area (TPSA) is 107 Å². The van der Waals surface area contributed by atoms with E-state index in [1.165, 1.54) is 11.1 Å².